The average Bonchev–Trinajstić information content (AvgIpc) is 2.47. The first-order valence-electron chi connectivity index (χ1n) is 8.49. The second-order valence-corrected chi connectivity index (χ2v) is 7.74. The number of phenols is 1. The van der Waals surface area contributed by atoms with Crippen LogP contribution in [0.15, 0.2) is 28.4 Å². The van der Waals surface area contributed by atoms with Crippen LogP contribution in [0.3, 0.4) is 0 Å². The van der Waals surface area contributed by atoms with Crippen LogP contribution < -0.4 is 11.5 Å². The third kappa shape index (κ3) is 2.58. The summed E-state index contributed by atoms with van der Waals surface area (Å²) < 4.78 is 0. The van der Waals surface area contributed by atoms with Crippen molar-refractivity contribution in [2.75, 3.05) is 0 Å². The van der Waals surface area contributed by atoms with Gasteiger partial charge in [-0.1, -0.05) is 6.07 Å². The molecule has 0 spiro atoms. The van der Waals surface area contributed by atoms with Crippen molar-refractivity contribution in [3.63, 3.8) is 0 Å². The van der Waals surface area contributed by atoms with Crippen molar-refractivity contribution < 1.29 is 5.11 Å². The summed E-state index contributed by atoms with van der Waals surface area (Å²) >= 11 is 0. The standard InChI is InChI=1S/C18H24N4O/c19-17(20)22-21-10-14-6-15(1-2-16(14)23)18-7-11-3-12(8-18)5-13(4-11)9-18/h1-2,6,10-13,23H,3-5,7-9H2,(H4,19,20,22). The van der Waals surface area contributed by atoms with E-state index >= 15 is 0 Å². The summed E-state index contributed by atoms with van der Waals surface area (Å²) in [4.78, 5) is 0. The minimum absolute atomic E-state index is 0.0852. The second kappa shape index (κ2) is 5.25. The Labute approximate surface area is 136 Å². The van der Waals surface area contributed by atoms with Gasteiger partial charge in [-0.15, -0.1) is 5.10 Å². The van der Waals surface area contributed by atoms with Gasteiger partial charge in [-0.3, -0.25) is 0 Å². The number of benzene rings is 1. The molecule has 0 aliphatic heterocycles. The molecule has 5 N–H and O–H groups in total. The van der Waals surface area contributed by atoms with Crippen LogP contribution in [-0.2, 0) is 5.41 Å². The number of nitrogens with two attached hydrogens (primary N) is 2. The normalized spacial score (nSPS) is 34.9. The zero-order valence-corrected chi connectivity index (χ0v) is 13.3. The maximum atomic E-state index is 10.1. The minimum atomic E-state index is -0.0852. The molecule has 122 valence electrons. The molecule has 4 fully saturated rings. The number of hydrogen-bond acceptors (Lipinski definition) is 3. The van der Waals surface area contributed by atoms with Crippen molar-refractivity contribution in [3.05, 3.63) is 29.3 Å². The van der Waals surface area contributed by atoms with Crippen LogP contribution in [-0.4, -0.2) is 17.3 Å². The van der Waals surface area contributed by atoms with Crippen LogP contribution in [0.2, 0.25) is 0 Å². The van der Waals surface area contributed by atoms with Gasteiger partial charge < -0.3 is 16.6 Å². The van der Waals surface area contributed by atoms with E-state index in [2.05, 4.69) is 22.3 Å². The largest absolute Gasteiger partial charge is 0.507 e. The van der Waals surface area contributed by atoms with Crippen molar-refractivity contribution in [1.29, 1.82) is 0 Å². The first-order chi connectivity index (χ1) is 11.0. The lowest BCUT2D eigenvalue weighted by molar-refractivity contribution is -0.00520. The second-order valence-electron chi connectivity index (χ2n) is 7.74. The van der Waals surface area contributed by atoms with E-state index in [-0.39, 0.29) is 11.7 Å². The van der Waals surface area contributed by atoms with Gasteiger partial charge in [0.1, 0.15) is 5.75 Å². The molecule has 0 heterocycles. The first kappa shape index (κ1) is 14.5. The lowest BCUT2D eigenvalue weighted by Crippen LogP contribution is -2.48. The molecule has 0 saturated heterocycles. The predicted molar refractivity (Wildman–Crippen MR) is 91.4 cm³/mol. The van der Waals surface area contributed by atoms with Gasteiger partial charge >= 0.3 is 0 Å². The van der Waals surface area contributed by atoms with Crippen LogP contribution in [0.1, 0.15) is 49.7 Å². The third-order valence-electron chi connectivity index (χ3n) is 6.05. The Morgan fingerprint density at radius 3 is 2.26 bits per heavy atom. The van der Waals surface area contributed by atoms with Crippen molar-refractivity contribution in [3.8, 4) is 5.75 Å². The number of phenolic OH excluding ortho intramolecular Hbond substituents is 1. The molecule has 5 nitrogen and oxygen atoms in total. The minimum Gasteiger partial charge on any atom is -0.507 e. The molecule has 1 aromatic rings. The highest BCUT2D eigenvalue weighted by atomic mass is 16.3. The van der Waals surface area contributed by atoms with Crippen molar-refractivity contribution in [1.82, 2.24) is 0 Å². The van der Waals surface area contributed by atoms with E-state index in [4.69, 9.17) is 11.5 Å². The fourth-order valence-corrected chi connectivity index (χ4v) is 5.61. The van der Waals surface area contributed by atoms with Gasteiger partial charge in [0.25, 0.3) is 0 Å². The fourth-order valence-electron chi connectivity index (χ4n) is 5.61. The van der Waals surface area contributed by atoms with Gasteiger partial charge in [0.05, 0.1) is 6.21 Å². The highest BCUT2D eigenvalue weighted by Gasteiger charge is 2.51. The molecule has 4 bridgehead atoms. The topological polar surface area (TPSA) is 97.0 Å². The Balaban J connectivity index is 1.67. The maximum Gasteiger partial charge on any atom is 0.211 e. The number of rotatable bonds is 3. The maximum absolute atomic E-state index is 10.1. The fraction of sp³-hybridized carbons (Fsp3) is 0.556. The Bertz CT molecular complexity index is 640. The third-order valence-corrected chi connectivity index (χ3v) is 6.05. The summed E-state index contributed by atoms with van der Waals surface area (Å²) in [5, 5.41) is 17.5. The molecule has 0 amide bonds. The monoisotopic (exact) mass is 312 g/mol. The van der Waals surface area contributed by atoms with Gasteiger partial charge in [-0.05, 0) is 79.4 Å². The van der Waals surface area contributed by atoms with E-state index in [1.165, 1.54) is 50.3 Å². The van der Waals surface area contributed by atoms with Gasteiger partial charge in [0.2, 0.25) is 5.96 Å². The molecule has 4 aliphatic rings. The highest BCUT2D eigenvalue weighted by Crippen LogP contribution is 2.60. The Morgan fingerprint density at radius 1 is 1.09 bits per heavy atom. The number of hydrogen-bond donors (Lipinski definition) is 3. The highest BCUT2D eigenvalue weighted by molar-refractivity contribution is 5.84. The van der Waals surface area contributed by atoms with Crippen LogP contribution in [0.25, 0.3) is 0 Å². The van der Waals surface area contributed by atoms with Crippen LogP contribution in [0, 0.1) is 17.8 Å². The molecule has 0 unspecified atom stereocenters. The van der Waals surface area contributed by atoms with Crippen molar-refractivity contribution >= 4 is 12.2 Å². The van der Waals surface area contributed by atoms with Crippen molar-refractivity contribution in [2.45, 2.75) is 43.9 Å². The van der Waals surface area contributed by atoms with E-state index < -0.39 is 0 Å². The summed E-state index contributed by atoms with van der Waals surface area (Å²) in [6, 6.07) is 5.96. The molecule has 0 atom stereocenters. The van der Waals surface area contributed by atoms with E-state index in [0.29, 0.717) is 11.0 Å². The van der Waals surface area contributed by atoms with Gasteiger partial charge in [0.15, 0.2) is 0 Å². The molecule has 4 saturated carbocycles. The molecule has 5 heteroatoms. The lowest BCUT2D eigenvalue weighted by Gasteiger charge is -2.57. The van der Waals surface area contributed by atoms with Crippen LogP contribution in [0.4, 0.5) is 0 Å². The zero-order valence-electron chi connectivity index (χ0n) is 13.3. The molecule has 1 aromatic carbocycles. The molecule has 5 rings (SSSR count). The van der Waals surface area contributed by atoms with E-state index in [1.54, 1.807) is 6.07 Å². The molecule has 4 aliphatic carbocycles. The summed E-state index contributed by atoms with van der Waals surface area (Å²) in [5.74, 6) is 2.82. The summed E-state index contributed by atoms with van der Waals surface area (Å²) in [5.41, 5.74) is 12.9. The van der Waals surface area contributed by atoms with E-state index in [1.807, 2.05) is 0 Å². The molecule has 23 heavy (non-hydrogen) atoms. The Morgan fingerprint density at radius 2 is 1.70 bits per heavy atom. The van der Waals surface area contributed by atoms with E-state index in [9.17, 15) is 5.11 Å². The van der Waals surface area contributed by atoms with Gasteiger partial charge in [-0.2, -0.15) is 5.10 Å². The smallest absolute Gasteiger partial charge is 0.211 e. The lowest BCUT2D eigenvalue weighted by atomic mass is 9.48. The number of guanidine groups is 1. The van der Waals surface area contributed by atoms with Crippen molar-refractivity contribution in [2.24, 2.45) is 39.4 Å². The van der Waals surface area contributed by atoms with Gasteiger partial charge in [-0.25, -0.2) is 0 Å². The van der Waals surface area contributed by atoms with Gasteiger partial charge in [0, 0.05) is 5.56 Å². The summed E-state index contributed by atoms with van der Waals surface area (Å²) in [6.45, 7) is 0. The summed E-state index contributed by atoms with van der Waals surface area (Å²) in [7, 11) is 0. The Hall–Kier alpha value is -2.04. The Kier molecular flexibility index (Phi) is 3.32. The zero-order chi connectivity index (χ0) is 16.0. The molecular weight excluding hydrogens is 288 g/mol. The number of nitrogens with zero attached hydrogens (tertiary/aromatic N) is 2. The van der Waals surface area contributed by atoms with Crippen LogP contribution >= 0.6 is 0 Å². The SMILES string of the molecule is NC(N)=NN=Cc1cc(C23CC4CC(CC(C4)C2)C3)ccc1O. The molecule has 0 radical (unpaired) electrons. The summed E-state index contributed by atoms with van der Waals surface area (Å²) in [6.07, 6.45) is 9.71. The molecule has 0 aromatic heterocycles. The predicted octanol–water partition coefficient (Wildman–Crippen LogP) is 2.47. The number of aromatic hydroxyl groups is 1. The quantitative estimate of drug-likeness (QED) is 0.454. The molecular formula is C18H24N4O. The van der Waals surface area contributed by atoms with E-state index in [0.717, 1.165) is 17.8 Å². The van der Waals surface area contributed by atoms with Crippen LogP contribution in [0.5, 0.6) is 5.75 Å². The first-order valence-corrected chi connectivity index (χ1v) is 8.49. The average molecular weight is 312 g/mol.